The summed E-state index contributed by atoms with van der Waals surface area (Å²) in [5, 5.41) is 2.67. The summed E-state index contributed by atoms with van der Waals surface area (Å²) in [6.45, 7) is 3.79. The lowest BCUT2D eigenvalue weighted by Crippen LogP contribution is -2.44. The molecule has 1 aromatic heterocycles. The third-order valence-corrected chi connectivity index (χ3v) is 6.83. The number of nitrogens with one attached hydrogen (secondary N) is 1. The fourth-order valence-electron chi connectivity index (χ4n) is 3.44. The Labute approximate surface area is 177 Å². The smallest absolute Gasteiger partial charge is 0.257 e. The van der Waals surface area contributed by atoms with Gasteiger partial charge in [0.05, 0.1) is 11.4 Å². The molecule has 0 bridgehead atoms. The van der Waals surface area contributed by atoms with Gasteiger partial charge in [0.15, 0.2) is 5.82 Å². The second kappa shape index (κ2) is 8.97. The van der Waals surface area contributed by atoms with E-state index in [0.717, 1.165) is 6.42 Å². The van der Waals surface area contributed by atoms with Crippen molar-refractivity contribution in [2.75, 3.05) is 37.4 Å². The Bertz CT molecular complexity index is 1030. The third kappa shape index (κ3) is 4.88. The van der Waals surface area contributed by atoms with Crippen molar-refractivity contribution in [2.45, 2.75) is 37.7 Å². The van der Waals surface area contributed by atoms with Crippen molar-refractivity contribution in [1.29, 1.82) is 0 Å². The second-order valence-electron chi connectivity index (χ2n) is 7.49. The Morgan fingerprint density at radius 1 is 1.27 bits per heavy atom. The highest BCUT2D eigenvalue weighted by Crippen LogP contribution is 2.28. The van der Waals surface area contributed by atoms with Crippen LogP contribution in [-0.2, 0) is 14.8 Å². The Morgan fingerprint density at radius 3 is 2.67 bits per heavy atom. The molecule has 2 aromatic rings. The maximum Gasteiger partial charge on any atom is 0.257 e. The maximum absolute atomic E-state index is 13.3. The van der Waals surface area contributed by atoms with Crippen LogP contribution in [0.5, 0.6) is 5.88 Å². The number of aromatic nitrogens is 2. The monoisotopic (exact) mass is 433 g/mol. The Morgan fingerprint density at radius 2 is 2.00 bits per heavy atom. The molecule has 10 heteroatoms. The Balaban J connectivity index is 1.78. The summed E-state index contributed by atoms with van der Waals surface area (Å²) < 4.78 is 34.0. The minimum Gasteiger partial charge on any atom is -0.470 e. The molecule has 1 saturated heterocycles. The number of piperidine rings is 1. The van der Waals surface area contributed by atoms with Gasteiger partial charge in [-0.05, 0) is 43.5 Å². The van der Waals surface area contributed by atoms with Crippen LogP contribution in [0.25, 0.3) is 0 Å². The van der Waals surface area contributed by atoms with Crippen molar-refractivity contribution in [1.82, 2.24) is 14.3 Å². The van der Waals surface area contributed by atoms with Crippen LogP contribution in [0.3, 0.4) is 0 Å². The lowest BCUT2D eigenvalue weighted by Gasteiger charge is -2.32. The highest BCUT2D eigenvalue weighted by atomic mass is 32.2. The van der Waals surface area contributed by atoms with Gasteiger partial charge in [0.1, 0.15) is 6.10 Å². The molecule has 1 unspecified atom stereocenters. The number of anilines is 2. The highest BCUT2D eigenvalue weighted by molar-refractivity contribution is 7.89. The highest BCUT2D eigenvalue weighted by Gasteiger charge is 2.32. The van der Waals surface area contributed by atoms with E-state index in [-0.39, 0.29) is 23.5 Å². The van der Waals surface area contributed by atoms with Crippen molar-refractivity contribution in [3.63, 3.8) is 0 Å². The number of ether oxygens (including phenoxy) is 1. The fraction of sp³-hybridized carbons (Fsp3) is 0.450. The summed E-state index contributed by atoms with van der Waals surface area (Å²) in [5.74, 6) is 0.784. The van der Waals surface area contributed by atoms with E-state index >= 15 is 0 Å². The number of hydrogen-bond acceptors (Lipinski definition) is 7. The second-order valence-corrected chi connectivity index (χ2v) is 9.39. The summed E-state index contributed by atoms with van der Waals surface area (Å²) in [4.78, 5) is 21.8. The van der Waals surface area contributed by atoms with Crippen LogP contribution in [0.2, 0.25) is 0 Å². The predicted octanol–water partition coefficient (Wildman–Crippen LogP) is 2.04. The van der Waals surface area contributed by atoms with Gasteiger partial charge in [0, 0.05) is 45.6 Å². The van der Waals surface area contributed by atoms with Gasteiger partial charge in [-0.3, -0.25) is 4.79 Å². The number of benzene rings is 1. The molecule has 1 fully saturated rings. The number of nitrogens with zero attached hydrogens (tertiary/aromatic N) is 4. The summed E-state index contributed by atoms with van der Waals surface area (Å²) in [6, 6.07) is 4.80. The molecule has 0 saturated carbocycles. The predicted molar refractivity (Wildman–Crippen MR) is 114 cm³/mol. The number of amides is 1. The molecule has 1 amide bonds. The summed E-state index contributed by atoms with van der Waals surface area (Å²) in [5.41, 5.74) is 1.14. The van der Waals surface area contributed by atoms with Gasteiger partial charge >= 0.3 is 0 Å². The molecule has 30 heavy (non-hydrogen) atoms. The van der Waals surface area contributed by atoms with Gasteiger partial charge in [-0.15, -0.1) is 0 Å². The van der Waals surface area contributed by atoms with Crippen molar-refractivity contribution in [3.05, 3.63) is 36.2 Å². The van der Waals surface area contributed by atoms with Crippen molar-refractivity contribution >= 4 is 27.4 Å². The van der Waals surface area contributed by atoms with E-state index in [0.29, 0.717) is 35.9 Å². The largest absolute Gasteiger partial charge is 0.470 e. The van der Waals surface area contributed by atoms with Crippen molar-refractivity contribution < 1.29 is 17.9 Å². The molecular weight excluding hydrogens is 406 g/mol. The molecule has 3 rings (SSSR count). The minimum atomic E-state index is -3.70. The molecule has 9 nitrogen and oxygen atoms in total. The average molecular weight is 434 g/mol. The van der Waals surface area contributed by atoms with Gasteiger partial charge in [-0.1, -0.05) is 0 Å². The molecule has 162 valence electrons. The van der Waals surface area contributed by atoms with E-state index in [9.17, 15) is 13.2 Å². The van der Waals surface area contributed by atoms with E-state index in [4.69, 9.17) is 4.74 Å². The zero-order valence-corrected chi connectivity index (χ0v) is 18.4. The molecule has 0 aliphatic carbocycles. The molecule has 1 aliphatic rings. The van der Waals surface area contributed by atoms with Crippen molar-refractivity contribution in [2.24, 2.45) is 0 Å². The zero-order valence-electron chi connectivity index (χ0n) is 17.6. The maximum atomic E-state index is 13.3. The van der Waals surface area contributed by atoms with E-state index < -0.39 is 10.0 Å². The van der Waals surface area contributed by atoms with Crippen LogP contribution in [0.15, 0.2) is 35.5 Å². The van der Waals surface area contributed by atoms with Crippen LogP contribution in [-0.4, -0.2) is 61.9 Å². The summed E-state index contributed by atoms with van der Waals surface area (Å²) in [7, 11) is 0.00282. The molecule has 1 aromatic carbocycles. The first-order valence-electron chi connectivity index (χ1n) is 9.72. The Kier molecular flexibility index (Phi) is 6.57. The van der Waals surface area contributed by atoms with E-state index in [1.807, 2.05) is 14.1 Å². The topological polar surface area (TPSA) is 105 Å². The summed E-state index contributed by atoms with van der Waals surface area (Å²) >= 11 is 0. The fourth-order valence-corrected chi connectivity index (χ4v) is 5.16. The lowest BCUT2D eigenvalue weighted by atomic mass is 10.1. The van der Waals surface area contributed by atoms with Crippen LogP contribution >= 0.6 is 0 Å². The van der Waals surface area contributed by atoms with Gasteiger partial charge in [0.2, 0.25) is 15.9 Å². The van der Waals surface area contributed by atoms with Gasteiger partial charge in [0.25, 0.3) is 5.88 Å². The first-order chi connectivity index (χ1) is 14.2. The number of aryl methyl sites for hydroxylation is 1. The quantitative estimate of drug-likeness (QED) is 0.743. The molecular formula is C20H27N5O4S. The molecule has 1 N–H and O–H groups in total. The van der Waals surface area contributed by atoms with Crippen LogP contribution in [0, 0.1) is 6.92 Å². The van der Waals surface area contributed by atoms with Gasteiger partial charge in [-0.25, -0.2) is 18.4 Å². The zero-order chi connectivity index (χ0) is 21.9. The van der Waals surface area contributed by atoms with Gasteiger partial charge in [-0.2, -0.15) is 4.31 Å². The standard InChI is InChI=1S/C20H27N5O4S/c1-14-12-16(23-15(2)26)7-8-18(14)30(27,28)25-11-5-6-17(13-25)29-20-19(24(3)4)21-9-10-22-20/h7-10,12,17H,5-6,11,13H2,1-4H3,(H,23,26). The SMILES string of the molecule is CC(=O)Nc1ccc(S(=O)(=O)N2CCCC(Oc3nccnc3N(C)C)C2)c(C)c1. The number of sulfonamides is 1. The number of carbonyl (C=O) groups excluding carboxylic acids is 1. The molecule has 0 spiro atoms. The van der Waals surface area contributed by atoms with E-state index in [2.05, 4.69) is 15.3 Å². The molecule has 2 heterocycles. The molecule has 1 aliphatic heterocycles. The van der Waals surface area contributed by atoms with E-state index in [1.54, 1.807) is 36.4 Å². The summed E-state index contributed by atoms with van der Waals surface area (Å²) in [6.07, 6.45) is 4.25. The van der Waals surface area contributed by atoms with Gasteiger partial charge < -0.3 is 15.0 Å². The average Bonchev–Trinajstić information content (AvgIpc) is 2.68. The molecule has 1 atom stereocenters. The van der Waals surface area contributed by atoms with E-state index in [1.165, 1.54) is 17.3 Å². The molecule has 0 radical (unpaired) electrons. The minimum absolute atomic E-state index is 0.206. The van der Waals surface area contributed by atoms with Crippen LogP contribution in [0.1, 0.15) is 25.3 Å². The normalized spacial score (nSPS) is 17.4. The number of hydrogen-bond donors (Lipinski definition) is 1. The number of rotatable bonds is 6. The number of carbonyl (C=O) groups is 1. The first-order valence-corrected chi connectivity index (χ1v) is 11.2. The first kappa shape index (κ1) is 22.0. The van der Waals surface area contributed by atoms with Crippen LogP contribution < -0.4 is 15.0 Å². The van der Waals surface area contributed by atoms with Crippen molar-refractivity contribution in [3.8, 4) is 5.88 Å². The third-order valence-electron chi connectivity index (χ3n) is 4.80. The van der Waals surface area contributed by atoms with Crippen LogP contribution in [0.4, 0.5) is 11.5 Å². The lowest BCUT2D eigenvalue weighted by molar-refractivity contribution is -0.114. The Hall–Kier alpha value is -2.72.